The number of piperazine rings is 1. The fourth-order valence-electron chi connectivity index (χ4n) is 3.53. The Balaban J connectivity index is 1.58. The molecule has 1 N–H and O–H groups in total. The highest BCUT2D eigenvalue weighted by Gasteiger charge is 2.58. The molecule has 1 saturated carbocycles. The third kappa shape index (κ3) is 3.90. The standard InChI is InChI=1S/C20H27N3O5/c1-14(24)22-8-10-23(11-9-22)19(26)20(6-7-20)18(25)21-13-15-4-5-16(27-2)17(12-15)28-3/h4-5,12H,6-11,13H2,1-3H3,(H,21,25). The molecular formula is C20H27N3O5. The van der Waals surface area contributed by atoms with Crippen LogP contribution in [0.1, 0.15) is 25.3 Å². The highest BCUT2D eigenvalue weighted by atomic mass is 16.5. The van der Waals surface area contributed by atoms with Crippen molar-refractivity contribution in [3.05, 3.63) is 23.8 Å². The average Bonchev–Trinajstić information content (AvgIpc) is 3.53. The first-order valence-corrected chi connectivity index (χ1v) is 9.45. The molecule has 3 rings (SSSR count). The maximum Gasteiger partial charge on any atom is 0.238 e. The smallest absolute Gasteiger partial charge is 0.238 e. The molecule has 1 aliphatic heterocycles. The number of nitrogens with zero attached hydrogens (tertiary/aromatic N) is 2. The number of nitrogens with one attached hydrogen (secondary N) is 1. The minimum absolute atomic E-state index is 0.0147. The zero-order valence-corrected chi connectivity index (χ0v) is 16.6. The first kappa shape index (κ1) is 20.0. The lowest BCUT2D eigenvalue weighted by atomic mass is 10.0. The molecule has 152 valence electrons. The van der Waals surface area contributed by atoms with E-state index in [1.165, 1.54) is 6.92 Å². The van der Waals surface area contributed by atoms with Gasteiger partial charge in [0.05, 0.1) is 14.2 Å². The van der Waals surface area contributed by atoms with E-state index < -0.39 is 5.41 Å². The van der Waals surface area contributed by atoms with Crippen molar-refractivity contribution in [3.63, 3.8) is 0 Å². The van der Waals surface area contributed by atoms with Crippen LogP contribution in [0.3, 0.4) is 0 Å². The zero-order valence-electron chi connectivity index (χ0n) is 16.6. The summed E-state index contributed by atoms with van der Waals surface area (Å²) in [5.41, 5.74) is -0.0843. The Morgan fingerprint density at radius 1 is 1.00 bits per heavy atom. The molecule has 0 atom stereocenters. The predicted octanol–water partition coefficient (Wildman–Crippen LogP) is 0.791. The molecule has 1 aliphatic carbocycles. The van der Waals surface area contributed by atoms with Gasteiger partial charge in [-0.15, -0.1) is 0 Å². The molecule has 0 spiro atoms. The van der Waals surface area contributed by atoms with Crippen LogP contribution in [0.2, 0.25) is 0 Å². The van der Waals surface area contributed by atoms with Crippen molar-refractivity contribution in [2.45, 2.75) is 26.3 Å². The van der Waals surface area contributed by atoms with Crippen LogP contribution < -0.4 is 14.8 Å². The molecule has 28 heavy (non-hydrogen) atoms. The fraction of sp³-hybridized carbons (Fsp3) is 0.550. The van der Waals surface area contributed by atoms with Gasteiger partial charge >= 0.3 is 0 Å². The Hall–Kier alpha value is -2.77. The van der Waals surface area contributed by atoms with Gasteiger partial charge in [-0.05, 0) is 30.5 Å². The van der Waals surface area contributed by atoms with Gasteiger partial charge in [0.2, 0.25) is 17.7 Å². The molecule has 1 saturated heterocycles. The van der Waals surface area contributed by atoms with E-state index in [2.05, 4.69) is 5.32 Å². The summed E-state index contributed by atoms with van der Waals surface area (Å²) in [6.45, 7) is 3.83. The molecule has 2 fully saturated rings. The first-order valence-electron chi connectivity index (χ1n) is 9.45. The third-order valence-corrected chi connectivity index (χ3v) is 5.51. The lowest BCUT2D eigenvalue weighted by molar-refractivity contribution is -0.147. The van der Waals surface area contributed by atoms with Crippen molar-refractivity contribution in [1.82, 2.24) is 15.1 Å². The monoisotopic (exact) mass is 389 g/mol. The molecule has 0 bridgehead atoms. The van der Waals surface area contributed by atoms with Crippen molar-refractivity contribution in [1.29, 1.82) is 0 Å². The second-order valence-electron chi connectivity index (χ2n) is 7.25. The van der Waals surface area contributed by atoms with Gasteiger partial charge in [-0.25, -0.2) is 0 Å². The molecule has 1 aromatic rings. The van der Waals surface area contributed by atoms with Crippen LogP contribution in [0.25, 0.3) is 0 Å². The minimum atomic E-state index is -0.949. The largest absolute Gasteiger partial charge is 0.493 e. The van der Waals surface area contributed by atoms with Crippen LogP contribution in [0.15, 0.2) is 18.2 Å². The number of carbonyl (C=O) groups excluding carboxylic acids is 3. The third-order valence-electron chi connectivity index (χ3n) is 5.51. The Bertz CT molecular complexity index is 767. The van der Waals surface area contributed by atoms with Crippen LogP contribution in [-0.2, 0) is 20.9 Å². The molecule has 0 aromatic heterocycles. The molecular weight excluding hydrogens is 362 g/mol. The fourth-order valence-corrected chi connectivity index (χ4v) is 3.53. The van der Waals surface area contributed by atoms with E-state index in [-0.39, 0.29) is 17.7 Å². The molecule has 8 heteroatoms. The average molecular weight is 389 g/mol. The maximum atomic E-state index is 12.9. The van der Waals surface area contributed by atoms with Crippen molar-refractivity contribution < 1.29 is 23.9 Å². The number of ether oxygens (including phenoxy) is 2. The van der Waals surface area contributed by atoms with E-state index in [0.29, 0.717) is 57.1 Å². The lowest BCUT2D eigenvalue weighted by Gasteiger charge is -2.35. The summed E-state index contributed by atoms with van der Waals surface area (Å²) in [5.74, 6) is 0.869. The molecule has 2 aliphatic rings. The second-order valence-corrected chi connectivity index (χ2v) is 7.25. The number of amides is 3. The van der Waals surface area contributed by atoms with Gasteiger partial charge in [-0.2, -0.15) is 0 Å². The topological polar surface area (TPSA) is 88.2 Å². The van der Waals surface area contributed by atoms with Gasteiger partial charge in [-0.1, -0.05) is 6.07 Å². The van der Waals surface area contributed by atoms with Crippen molar-refractivity contribution in [2.75, 3.05) is 40.4 Å². The van der Waals surface area contributed by atoms with E-state index in [9.17, 15) is 14.4 Å². The molecule has 1 heterocycles. The van der Waals surface area contributed by atoms with Crippen LogP contribution >= 0.6 is 0 Å². The molecule has 1 aromatic carbocycles. The van der Waals surface area contributed by atoms with E-state index in [0.717, 1.165) is 5.56 Å². The molecule has 8 nitrogen and oxygen atoms in total. The molecule has 3 amide bonds. The quantitative estimate of drug-likeness (QED) is 0.727. The Labute approximate surface area is 164 Å². The van der Waals surface area contributed by atoms with Crippen LogP contribution in [-0.4, -0.2) is 67.9 Å². The van der Waals surface area contributed by atoms with Crippen molar-refractivity contribution in [3.8, 4) is 11.5 Å². The van der Waals surface area contributed by atoms with Crippen molar-refractivity contribution in [2.24, 2.45) is 5.41 Å². The van der Waals surface area contributed by atoms with Crippen LogP contribution in [0, 0.1) is 5.41 Å². The van der Waals surface area contributed by atoms with Crippen LogP contribution in [0.5, 0.6) is 11.5 Å². The maximum absolute atomic E-state index is 12.9. The van der Waals surface area contributed by atoms with Gasteiger partial charge in [-0.3, -0.25) is 14.4 Å². The van der Waals surface area contributed by atoms with Crippen LogP contribution in [0.4, 0.5) is 0 Å². The number of carbonyl (C=O) groups is 3. The highest BCUT2D eigenvalue weighted by Crippen LogP contribution is 2.47. The van der Waals surface area contributed by atoms with E-state index in [4.69, 9.17) is 9.47 Å². The van der Waals surface area contributed by atoms with E-state index in [1.807, 2.05) is 12.1 Å². The first-order chi connectivity index (χ1) is 13.4. The zero-order chi connectivity index (χ0) is 20.3. The molecule has 0 radical (unpaired) electrons. The van der Waals surface area contributed by atoms with Gasteiger partial charge in [0.1, 0.15) is 5.41 Å². The predicted molar refractivity (Wildman–Crippen MR) is 102 cm³/mol. The summed E-state index contributed by atoms with van der Waals surface area (Å²) < 4.78 is 10.5. The minimum Gasteiger partial charge on any atom is -0.493 e. The Morgan fingerprint density at radius 2 is 1.61 bits per heavy atom. The summed E-state index contributed by atoms with van der Waals surface area (Å²) in [6, 6.07) is 5.44. The number of methoxy groups -OCH3 is 2. The number of hydrogen-bond acceptors (Lipinski definition) is 5. The molecule has 0 unspecified atom stereocenters. The summed E-state index contributed by atoms with van der Waals surface area (Å²) in [5, 5.41) is 2.89. The number of benzene rings is 1. The highest BCUT2D eigenvalue weighted by molar-refractivity contribution is 6.07. The number of rotatable bonds is 6. The van der Waals surface area contributed by atoms with Gasteiger partial charge in [0, 0.05) is 39.6 Å². The van der Waals surface area contributed by atoms with Crippen molar-refractivity contribution >= 4 is 17.7 Å². The lowest BCUT2D eigenvalue weighted by Crippen LogP contribution is -2.54. The van der Waals surface area contributed by atoms with E-state index >= 15 is 0 Å². The summed E-state index contributed by atoms with van der Waals surface area (Å²) in [6.07, 6.45) is 1.13. The van der Waals surface area contributed by atoms with E-state index in [1.54, 1.807) is 30.1 Å². The van der Waals surface area contributed by atoms with Gasteiger partial charge in [0.25, 0.3) is 0 Å². The normalized spacial score (nSPS) is 17.7. The SMILES string of the molecule is COc1ccc(CNC(=O)C2(C(=O)N3CCN(C(C)=O)CC3)CC2)cc1OC. The summed E-state index contributed by atoms with van der Waals surface area (Å²) in [4.78, 5) is 40.6. The Kier molecular flexibility index (Phi) is 5.76. The van der Waals surface area contributed by atoms with Gasteiger partial charge < -0.3 is 24.6 Å². The van der Waals surface area contributed by atoms with Gasteiger partial charge in [0.15, 0.2) is 11.5 Å². The number of hydrogen-bond donors (Lipinski definition) is 1. The Morgan fingerprint density at radius 3 is 2.14 bits per heavy atom. The summed E-state index contributed by atoms with van der Waals surface area (Å²) in [7, 11) is 3.13. The second kappa shape index (κ2) is 8.08. The summed E-state index contributed by atoms with van der Waals surface area (Å²) >= 11 is 0.